The predicted octanol–water partition coefficient (Wildman–Crippen LogP) is 4.28. The van der Waals surface area contributed by atoms with Crippen molar-refractivity contribution in [2.24, 2.45) is 0 Å². The second-order valence-electron chi connectivity index (χ2n) is 4.31. The first-order chi connectivity index (χ1) is 10.1. The number of hydrogen-bond acceptors (Lipinski definition) is 4. The summed E-state index contributed by atoms with van der Waals surface area (Å²) < 4.78 is 0. The zero-order chi connectivity index (χ0) is 16.1. The first-order valence-electron chi connectivity index (χ1n) is 6.34. The van der Waals surface area contributed by atoms with Crippen LogP contribution in [0.25, 0.3) is 11.1 Å². The molecule has 0 unspecified atom stereocenters. The molecule has 0 radical (unpaired) electrons. The summed E-state index contributed by atoms with van der Waals surface area (Å²) in [5.41, 5.74) is 4.08. The van der Waals surface area contributed by atoms with Gasteiger partial charge in [0.25, 0.3) is 0 Å². The molecule has 2 rings (SSSR count). The summed E-state index contributed by atoms with van der Waals surface area (Å²) in [4.78, 5) is 16.7. The lowest BCUT2D eigenvalue weighted by Gasteiger charge is -2.12. The summed E-state index contributed by atoms with van der Waals surface area (Å²) in [6, 6.07) is 19.2. The SMILES string of the molecule is CC(C)c1ccccc1-c1ccccc1.N=C=O.N=C=O. The van der Waals surface area contributed by atoms with Crippen LogP contribution in [0.3, 0.4) is 0 Å². The van der Waals surface area contributed by atoms with Gasteiger partial charge in [-0.05, 0) is 22.6 Å². The fourth-order valence-corrected chi connectivity index (χ4v) is 1.88. The van der Waals surface area contributed by atoms with Crippen LogP contribution in [0.1, 0.15) is 25.3 Å². The number of rotatable bonds is 2. The Morgan fingerprint density at radius 2 is 1.24 bits per heavy atom. The van der Waals surface area contributed by atoms with Crippen molar-refractivity contribution in [1.82, 2.24) is 0 Å². The molecule has 21 heavy (non-hydrogen) atoms. The van der Waals surface area contributed by atoms with E-state index in [1.165, 1.54) is 16.7 Å². The van der Waals surface area contributed by atoms with Crippen LogP contribution < -0.4 is 0 Å². The Bertz CT molecular complexity index is 583. The Morgan fingerprint density at radius 3 is 1.71 bits per heavy atom. The van der Waals surface area contributed by atoms with E-state index in [2.05, 4.69) is 68.4 Å². The molecular weight excluding hydrogens is 264 g/mol. The molecule has 0 aliphatic heterocycles. The third kappa shape index (κ3) is 6.79. The van der Waals surface area contributed by atoms with Crippen LogP contribution in [0.4, 0.5) is 0 Å². The van der Waals surface area contributed by atoms with Crippen LogP contribution in [0, 0.1) is 10.8 Å². The molecule has 0 aliphatic rings. The molecule has 2 aromatic rings. The summed E-state index contributed by atoms with van der Waals surface area (Å²) >= 11 is 0. The largest absolute Gasteiger partial charge is 0.231 e. The molecular formula is C17H18N2O2. The van der Waals surface area contributed by atoms with Gasteiger partial charge in [-0.25, -0.2) is 20.4 Å². The Morgan fingerprint density at radius 1 is 0.810 bits per heavy atom. The summed E-state index contributed by atoms with van der Waals surface area (Å²) in [7, 11) is 0. The lowest BCUT2D eigenvalue weighted by atomic mass is 9.93. The molecule has 4 heteroatoms. The zero-order valence-electron chi connectivity index (χ0n) is 12.1. The van der Waals surface area contributed by atoms with Gasteiger partial charge in [0, 0.05) is 0 Å². The number of nitrogens with one attached hydrogen (secondary N) is 2. The van der Waals surface area contributed by atoms with E-state index in [4.69, 9.17) is 20.4 Å². The van der Waals surface area contributed by atoms with Gasteiger partial charge in [-0.15, -0.1) is 0 Å². The van der Waals surface area contributed by atoms with Crippen molar-refractivity contribution in [3.63, 3.8) is 0 Å². The molecule has 2 aromatic carbocycles. The van der Waals surface area contributed by atoms with Crippen LogP contribution in [0.15, 0.2) is 54.6 Å². The maximum Gasteiger partial charge on any atom is 0.231 e. The monoisotopic (exact) mass is 282 g/mol. The number of isocyanates is 2. The van der Waals surface area contributed by atoms with E-state index in [0.29, 0.717) is 5.92 Å². The molecule has 0 saturated carbocycles. The molecule has 2 N–H and O–H groups in total. The molecule has 4 nitrogen and oxygen atoms in total. The van der Waals surface area contributed by atoms with E-state index in [1.54, 1.807) is 0 Å². The lowest BCUT2D eigenvalue weighted by molar-refractivity contribution is 0.562. The summed E-state index contributed by atoms with van der Waals surface area (Å²) in [6.07, 6.45) is 1.50. The van der Waals surface area contributed by atoms with Crippen molar-refractivity contribution in [2.75, 3.05) is 0 Å². The summed E-state index contributed by atoms with van der Waals surface area (Å²) in [5.74, 6) is 0.571. The van der Waals surface area contributed by atoms with Crippen molar-refractivity contribution >= 4 is 12.2 Å². The van der Waals surface area contributed by atoms with Gasteiger partial charge < -0.3 is 0 Å². The highest BCUT2D eigenvalue weighted by atomic mass is 16.1. The fraction of sp³-hybridized carbons (Fsp3) is 0.176. The maximum atomic E-state index is 8.35. The average Bonchev–Trinajstić information content (AvgIpc) is 2.50. The molecule has 0 saturated heterocycles. The number of benzene rings is 2. The maximum absolute atomic E-state index is 8.35. The van der Waals surface area contributed by atoms with E-state index in [-0.39, 0.29) is 0 Å². The highest BCUT2D eigenvalue weighted by molar-refractivity contribution is 5.67. The first-order valence-corrected chi connectivity index (χ1v) is 6.34. The minimum atomic E-state index is 0.571. The number of carbonyl (C=O) groups excluding carboxylic acids is 2. The van der Waals surface area contributed by atoms with Crippen LogP contribution in [0.2, 0.25) is 0 Å². The summed E-state index contributed by atoms with van der Waals surface area (Å²) in [6.45, 7) is 4.48. The Kier molecular flexibility index (Phi) is 9.59. The van der Waals surface area contributed by atoms with Gasteiger partial charge >= 0.3 is 0 Å². The van der Waals surface area contributed by atoms with Crippen molar-refractivity contribution < 1.29 is 9.59 Å². The second-order valence-corrected chi connectivity index (χ2v) is 4.31. The topological polar surface area (TPSA) is 81.8 Å². The van der Waals surface area contributed by atoms with Gasteiger partial charge in [-0.1, -0.05) is 68.4 Å². The molecule has 0 heterocycles. The normalized spacial score (nSPS) is 8.33. The quantitative estimate of drug-likeness (QED) is 0.636. The van der Waals surface area contributed by atoms with E-state index in [9.17, 15) is 0 Å². The number of hydrogen-bond donors (Lipinski definition) is 2. The summed E-state index contributed by atoms with van der Waals surface area (Å²) in [5, 5.41) is 10.8. The molecule has 0 atom stereocenters. The molecule has 0 fully saturated rings. The Hall–Kier alpha value is -2.80. The molecule has 0 amide bonds. The Labute approximate surface area is 124 Å². The molecule has 0 spiro atoms. The van der Waals surface area contributed by atoms with E-state index in [0.717, 1.165) is 12.2 Å². The minimum Gasteiger partial charge on any atom is -0.222 e. The van der Waals surface area contributed by atoms with Crippen molar-refractivity contribution in [3.05, 3.63) is 60.2 Å². The van der Waals surface area contributed by atoms with Gasteiger partial charge in [0.05, 0.1) is 0 Å². The van der Waals surface area contributed by atoms with Gasteiger partial charge in [0.15, 0.2) is 0 Å². The molecule has 0 aromatic heterocycles. The Balaban J connectivity index is 0.000000578. The fourth-order valence-electron chi connectivity index (χ4n) is 1.88. The lowest BCUT2D eigenvalue weighted by Crippen LogP contribution is -1.91. The van der Waals surface area contributed by atoms with Crippen molar-refractivity contribution in [3.8, 4) is 11.1 Å². The third-order valence-corrected chi connectivity index (χ3v) is 2.67. The average molecular weight is 282 g/mol. The van der Waals surface area contributed by atoms with Gasteiger partial charge in [-0.2, -0.15) is 0 Å². The molecule has 0 bridgehead atoms. The highest BCUT2D eigenvalue weighted by Gasteiger charge is 2.06. The van der Waals surface area contributed by atoms with E-state index >= 15 is 0 Å². The van der Waals surface area contributed by atoms with Crippen LogP contribution >= 0.6 is 0 Å². The standard InChI is InChI=1S/C15H16.2CHNO/c1-12(2)14-10-6-7-11-15(14)13-8-4-3-5-9-13;2*2-1-3/h3-12H,1-2H3;2*2H. The van der Waals surface area contributed by atoms with Crippen LogP contribution in [0.5, 0.6) is 0 Å². The van der Waals surface area contributed by atoms with Crippen LogP contribution in [-0.4, -0.2) is 12.2 Å². The van der Waals surface area contributed by atoms with Crippen molar-refractivity contribution in [2.45, 2.75) is 19.8 Å². The second kappa shape index (κ2) is 11.1. The van der Waals surface area contributed by atoms with E-state index in [1.807, 2.05) is 0 Å². The van der Waals surface area contributed by atoms with Crippen LogP contribution in [-0.2, 0) is 9.59 Å². The smallest absolute Gasteiger partial charge is 0.222 e. The van der Waals surface area contributed by atoms with Gasteiger partial charge in [0.2, 0.25) is 12.2 Å². The first kappa shape index (κ1) is 18.2. The predicted molar refractivity (Wildman–Crippen MR) is 82.8 cm³/mol. The molecule has 0 aliphatic carbocycles. The zero-order valence-corrected chi connectivity index (χ0v) is 12.1. The van der Waals surface area contributed by atoms with E-state index < -0.39 is 0 Å². The van der Waals surface area contributed by atoms with Gasteiger partial charge in [0.1, 0.15) is 0 Å². The van der Waals surface area contributed by atoms with Crippen molar-refractivity contribution in [1.29, 1.82) is 10.8 Å². The molecule has 108 valence electrons. The highest BCUT2D eigenvalue weighted by Crippen LogP contribution is 2.28. The third-order valence-electron chi connectivity index (χ3n) is 2.67. The minimum absolute atomic E-state index is 0.571. The van der Waals surface area contributed by atoms with Gasteiger partial charge in [-0.3, -0.25) is 0 Å².